The van der Waals surface area contributed by atoms with Crippen molar-refractivity contribution in [2.45, 2.75) is 63.9 Å². The number of esters is 2. The number of phenols is 1. The number of ketones is 1. The molecule has 0 unspecified atom stereocenters. The highest BCUT2D eigenvalue weighted by Gasteiger charge is 2.36. The van der Waals surface area contributed by atoms with Crippen molar-refractivity contribution in [2.75, 3.05) is 0 Å². The quantitative estimate of drug-likeness (QED) is 0.339. The number of cyclic esters (lactones) is 1. The van der Waals surface area contributed by atoms with Crippen LogP contribution in [0.25, 0.3) is 17.0 Å². The molecule has 196 valence electrons. The molecular weight excluding hydrogens is 486 g/mol. The smallest absolute Gasteiger partial charge is 0.342 e. The van der Waals surface area contributed by atoms with Gasteiger partial charge in [0.1, 0.15) is 22.8 Å². The molecule has 1 aromatic heterocycles. The third-order valence-corrected chi connectivity index (χ3v) is 7.14. The minimum Gasteiger partial charge on any atom is -0.507 e. The number of aromatic amines is 1. The third-order valence-electron chi connectivity index (χ3n) is 7.14. The standard InChI is InChI=1S/C30H29NO7/c1-17-8-7-12-20(32)11-4-2-3-10-19-15-24-27(28(34)26(19)30(36)37-17)21(16-25(33)38-24)22-14-18-9-5-6-13-23(18)31-29(22)35/h3,5-6,9-10,13-15,17,21,34H,2,4,7-8,11-12,16H2,1H3,(H,31,35)/b10-3+/t17-,21+/m0/s1. The van der Waals surface area contributed by atoms with Crippen LogP contribution < -0.4 is 10.3 Å². The molecular formula is C30H29NO7. The van der Waals surface area contributed by atoms with Crippen LogP contribution in [0.5, 0.6) is 11.5 Å². The zero-order chi connectivity index (χ0) is 26.8. The van der Waals surface area contributed by atoms with E-state index in [1.807, 2.05) is 24.3 Å². The maximum absolute atomic E-state index is 13.3. The van der Waals surface area contributed by atoms with Gasteiger partial charge in [-0.15, -0.1) is 0 Å². The number of aromatic hydroxyl groups is 1. The molecule has 3 heterocycles. The van der Waals surface area contributed by atoms with Crippen molar-refractivity contribution >= 4 is 34.7 Å². The van der Waals surface area contributed by atoms with Gasteiger partial charge in [0.05, 0.1) is 12.5 Å². The Morgan fingerprint density at radius 1 is 1.03 bits per heavy atom. The van der Waals surface area contributed by atoms with Crippen molar-refractivity contribution in [3.63, 3.8) is 0 Å². The van der Waals surface area contributed by atoms with Gasteiger partial charge in [-0.1, -0.05) is 30.4 Å². The summed E-state index contributed by atoms with van der Waals surface area (Å²) in [4.78, 5) is 54.0. The van der Waals surface area contributed by atoms with Crippen molar-refractivity contribution in [1.82, 2.24) is 4.98 Å². The van der Waals surface area contributed by atoms with Crippen molar-refractivity contribution in [3.05, 3.63) is 75.1 Å². The van der Waals surface area contributed by atoms with Crippen LogP contribution in [0.1, 0.15) is 84.8 Å². The number of fused-ring (bicyclic) bond motifs is 3. The lowest BCUT2D eigenvalue weighted by Crippen LogP contribution is -2.27. The number of aromatic nitrogens is 1. The largest absolute Gasteiger partial charge is 0.507 e. The fourth-order valence-electron chi connectivity index (χ4n) is 5.21. The van der Waals surface area contributed by atoms with E-state index in [0.717, 1.165) is 5.39 Å². The lowest BCUT2D eigenvalue weighted by atomic mass is 9.83. The number of H-pyrrole nitrogens is 1. The van der Waals surface area contributed by atoms with Gasteiger partial charge in [0.15, 0.2) is 0 Å². The molecule has 8 heteroatoms. The molecule has 0 radical (unpaired) electrons. The minimum atomic E-state index is -0.821. The van der Waals surface area contributed by atoms with Crippen LogP contribution >= 0.6 is 0 Å². The maximum atomic E-state index is 13.3. The van der Waals surface area contributed by atoms with Crippen LogP contribution in [-0.4, -0.2) is 33.9 Å². The van der Waals surface area contributed by atoms with Crippen molar-refractivity contribution in [2.24, 2.45) is 0 Å². The monoisotopic (exact) mass is 515 g/mol. The predicted octanol–water partition coefficient (Wildman–Crippen LogP) is 5.16. The Balaban J connectivity index is 1.64. The summed E-state index contributed by atoms with van der Waals surface area (Å²) in [6, 6.07) is 10.5. The molecule has 0 amide bonds. The fourth-order valence-corrected chi connectivity index (χ4v) is 5.21. The number of phenolic OH excluding ortho intramolecular Hbond substituents is 1. The van der Waals surface area contributed by atoms with Crippen LogP contribution in [0.2, 0.25) is 0 Å². The van der Waals surface area contributed by atoms with Gasteiger partial charge < -0.3 is 19.6 Å². The van der Waals surface area contributed by atoms with Crippen LogP contribution in [0.4, 0.5) is 0 Å². The van der Waals surface area contributed by atoms with Gasteiger partial charge in [-0.3, -0.25) is 14.4 Å². The van der Waals surface area contributed by atoms with Gasteiger partial charge in [-0.25, -0.2) is 4.79 Å². The van der Waals surface area contributed by atoms with Crippen molar-refractivity contribution in [1.29, 1.82) is 0 Å². The van der Waals surface area contributed by atoms with Gasteiger partial charge in [0.2, 0.25) is 0 Å². The molecule has 2 atom stereocenters. The Hall–Kier alpha value is -4.20. The Morgan fingerprint density at radius 2 is 1.82 bits per heavy atom. The number of pyridine rings is 1. The topological polar surface area (TPSA) is 123 Å². The number of ether oxygens (including phenoxy) is 2. The number of benzene rings is 2. The van der Waals surface area contributed by atoms with E-state index in [9.17, 15) is 24.3 Å². The lowest BCUT2D eigenvalue weighted by molar-refractivity contribution is -0.135. The number of Topliss-reactive ketones (excluding diaryl/α,β-unsaturated/α-hetero) is 1. The minimum absolute atomic E-state index is 0.0415. The first-order valence-corrected chi connectivity index (χ1v) is 12.9. The first-order valence-electron chi connectivity index (χ1n) is 12.9. The molecule has 0 fully saturated rings. The number of nitrogens with one attached hydrogen (secondary N) is 1. The number of rotatable bonds is 1. The highest BCUT2D eigenvalue weighted by Crippen LogP contribution is 2.46. The van der Waals surface area contributed by atoms with Crippen LogP contribution in [0.3, 0.4) is 0 Å². The third kappa shape index (κ3) is 5.11. The molecule has 2 aliphatic rings. The number of carbonyl (C=O) groups excluding carboxylic acids is 3. The molecule has 0 bridgehead atoms. The summed E-state index contributed by atoms with van der Waals surface area (Å²) in [5.41, 5.74) is 1.05. The maximum Gasteiger partial charge on any atom is 0.342 e. The van der Waals surface area contributed by atoms with Gasteiger partial charge in [0.25, 0.3) is 5.56 Å². The predicted molar refractivity (Wildman–Crippen MR) is 141 cm³/mol. The van der Waals surface area contributed by atoms with E-state index >= 15 is 0 Å². The van der Waals surface area contributed by atoms with E-state index in [4.69, 9.17) is 9.47 Å². The van der Waals surface area contributed by atoms with Gasteiger partial charge in [-0.2, -0.15) is 0 Å². The van der Waals surface area contributed by atoms with Gasteiger partial charge in [-0.05, 0) is 61.8 Å². The van der Waals surface area contributed by atoms with E-state index in [2.05, 4.69) is 4.98 Å². The Kier molecular flexibility index (Phi) is 7.13. The zero-order valence-corrected chi connectivity index (χ0v) is 21.1. The highest BCUT2D eigenvalue weighted by molar-refractivity contribution is 5.98. The summed E-state index contributed by atoms with van der Waals surface area (Å²) in [5, 5.41) is 12.3. The van der Waals surface area contributed by atoms with E-state index < -0.39 is 24.0 Å². The molecule has 0 saturated carbocycles. The number of hydrogen-bond acceptors (Lipinski definition) is 7. The van der Waals surface area contributed by atoms with Crippen molar-refractivity contribution < 1.29 is 29.0 Å². The second-order valence-corrected chi connectivity index (χ2v) is 9.91. The van der Waals surface area contributed by atoms with E-state index in [-0.39, 0.29) is 40.4 Å². The molecule has 2 N–H and O–H groups in total. The SMILES string of the molecule is C[C@H]1CCCC(=O)CCC/C=C/c2cc3c(c(O)c2C(=O)O1)[C@@H](c1cc2ccccc2[nH]c1=O)CC(=O)O3. The lowest BCUT2D eigenvalue weighted by Gasteiger charge is -2.27. The molecule has 3 aromatic rings. The molecule has 0 spiro atoms. The number of hydrogen-bond donors (Lipinski definition) is 2. The Labute approximate surface area is 219 Å². The summed E-state index contributed by atoms with van der Waals surface area (Å²) < 4.78 is 11.1. The molecule has 0 saturated heterocycles. The summed E-state index contributed by atoms with van der Waals surface area (Å²) in [6.07, 6.45) is 6.14. The number of allylic oxidation sites excluding steroid dienone is 1. The van der Waals surface area contributed by atoms with E-state index in [0.29, 0.717) is 55.2 Å². The average molecular weight is 516 g/mol. The summed E-state index contributed by atoms with van der Waals surface area (Å²) in [5.74, 6) is -2.18. The highest BCUT2D eigenvalue weighted by atomic mass is 16.5. The number of para-hydroxylation sites is 1. The molecule has 2 aromatic carbocycles. The average Bonchev–Trinajstić information content (AvgIpc) is 2.87. The molecule has 2 aliphatic heterocycles. The summed E-state index contributed by atoms with van der Waals surface area (Å²) >= 11 is 0. The first kappa shape index (κ1) is 25.4. The van der Waals surface area contributed by atoms with Crippen LogP contribution in [0.15, 0.2) is 47.3 Å². The molecule has 8 nitrogen and oxygen atoms in total. The van der Waals surface area contributed by atoms with Gasteiger partial charge in [0, 0.05) is 35.4 Å². The second kappa shape index (κ2) is 10.7. The summed E-state index contributed by atoms with van der Waals surface area (Å²) in [6.45, 7) is 1.75. The molecule has 38 heavy (non-hydrogen) atoms. The Bertz CT molecular complexity index is 1520. The van der Waals surface area contributed by atoms with Crippen molar-refractivity contribution in [3.8, 4) is 11.5 Å². The normalized spacial score (nSPS) is 21.6. The van der Waals surface area contributed by atoms with Crippen LogP contribution in [0, 0.1) is 0 Å². The second-order valence-electron chi connectivity index (χ2n) is 9.91. The fraction of sp³-hybridized carbons (Fsp3) is 0.333. The van der Waals surface area contributed by atoms with E-state index in [1.165, 1.54) is 6.07 Å². The Morgan fingerprint density at radius 3 is 2.66 bits per heavy atom. The summed E-state index contributed by atoms with van der Waals surface area (Å²) in [7, 11) is 0. The molecule has 0 aliphatic carbocycles. The van der Waals surface area contributed by atoms with E-state index in [1.54, 1.807) is 25.1 Å². The number of carbonyl (C=O) groups is 3. The van der Waals surface area contributed by atoms with Gasteiger partial charge >= 0.3 is 11.9 Å². The molecule has 5 rings (SSSR count). The zero-order valence-electron chi connectivity index (χ0n) is 21.1. The van der Waals surface area contributed by atoms with Crippen LogP contribution in [-0.2, 0) is 14.3 Å². The first-order chi connectivity index (χ1) is 18.3.